The van der Waals surface area contributed by atoms with Crippen LogP contribution in [-0.2, 0) is 0 Å². The van der Waals surface area contributed by atoms with Crippen LogP contribution in [0.5, 0.6) is 0 Å². The van der Waals surface area contributed by atoms with Gasteiger partial charge in [0.25, 0.3) is 0 Å². The Morgan fingerprint density at radius 3 is 1.71 bits per heavy atom. The lowest BCUT2D eigenvalue weighted by Crippen LogP contribution is -2.10. The molecule has 38 heavy (non-hydrogen) atoms. The molecule has 0 radical (unpaired) electrons. The van der Waals surface area contributed by atoms with Crippen LogP contribution in [0.3, 0.4) is 0 Å². The van der Waals surface area contributed by atoms with Gasteiger partial charge in [0, 0.05) is 0 Å². The molecule has 1 aromatic heterocycles. The highest BCUT2D eigenvalue weighted by atomic mass is 16.4. The third-order valence-electron chi connectivity index (χ3n) is 6.91. The van der Waals surface area contributed by atoms with E-state index in [1.165, 1.54) is 27.5 Å². The molecule has 1 heterocycles. The zero-order chi connectivity index (χ0) is 25.3. The van der Waals surface area contributed by atoms with Crippen LogP contribution in [0.1, 0.15) is 0 Å². The van der Waals surface area contributed by atoms with Crippen molar-refractivity contribution in [1.29, 1.82) is 0 Å². The van der Waals surface area contributed by atoms with Crippen molar-refractivity contribution < 1.29 is 4.42 Å². The van der Waals surface area contributed by atoms with Crippen LogP contribution in [0, 0.1) is 0 Å². The van der Waals surface area contributed by atoms with Gasteiger partial charge in [-0.3, -0.25) is 4.90 Å². The predicted molar refractivity (Wildman–Crippen MR) is 157 cm³/mol. The van der Waals surface area contributed by atoms with E-state index in [2.05, 4.69) is 120 Å². The number of oxazole rings is 1. The van der Waals surface area contributed by atoms with Crippen molar-refractivity contribution in [1.82, 2.24) is 4.98 Å². The van der Waals surface area contributed by atoms with Crippen LogP contribution in [0.25, 0.3) is 44.1 Å². The molecule has 180 valence electrons. The fourth-order valence-corrected chi connectivity index (χ4v) is 4.93. The monoisotopic (exact) mass is 488 g/mol. The molecule has 6 aromatic carbocycles. The molecule has 0 saturated carbocycles. The summed E-state index contributed by atoms with van der Waals surface area (Å²) >= 11 is 0. The van der Waals surface area contributed by atoms with E-state index in [0.717, 1.165) is 28.0 Å². The van der Waals surface area contributed by atoms with Crippen LogP contribution in [0.2, 0.25) is 0 Å². The minimum Gasteiger partial charge on any atom is -0.423 e. The standard InChI is InChI=1S/C35H24N2O/c1-2-8-25(9-3-1)27-16-20-31(21-17-27)37(35-36-33-12-6-7-13-34(33)38-35)32-22-18-28(19-23-32)30-15-14-26-10-4-5-11-29(26)24-30/h1-24H. The molecule has 0 bridgehead atoms. The number of hydrogen-bond donors (Lipinski definition) is 0. The van der Waals surface area contributed by atoms with E-state index in [-0.39, 0.29) is 0 Å². The Hall–Kier alpha value is -5.15. The first kappa shape index (κ1) is 22.1. The van der Waals surface area contributed by atoms with E-state index in [0.29, 0.717) is 6.01 Å². The molecule has 3 heteroatoms. The Balaban J connectivity index is 1.29. The van der Waals surface area contributed by atoms with Gasteiger partial charge in [0.1, 0.15) is 5.52 Å². The summed E-state index contributed by atoms with van der Waals surface area (Å²) in [6.07, 6.45) is 0. The highest BCUT2D eigenvalue weighted by Crippen LogP contribution is 2.37. The highest BCUT2D eigenvalue weighted by Gasteiger charge is 2.19. The summed E-state index contributed by atoms with van der Waals surface area (Å²) in [7, 11) is 0. The first-order chi connectivity index (χ1) is 18.8. The zero-order valence-corrected chi connectivity index (χ0v) is 20.7. The van der Waals surface area contributed by atoms with Crippen LogP contribution >= 0.6 is 0 Å². The molecule has 0 saturated heterocycles. The average Bonchev–Trinajstić information content (AvgIpc) is 3.42. The number of anilines is 3. The van der Waals surface area contributed by atoms with Gasteiger partial charge in [-0.15, -0.1) is 0 Å². The number of hydrogen-bond acceptors (Lipinski definition) is 3. The Morgan fingerprint density at radius 1 is 0.447 bits per heavy atom. The molecular formula is C35H24N2O. The largest absolute Gasteiger partial charge is 0.423 e. The van der Waals surface area contributed by atoms with E-state index in [1.807, 2.05) is 30.3 Å². The number of benzene rings is 6. The quantitative estimate of drug-likeness (QED) is 0.241. The molecule has 0 aliphatic carbocycles. The first-order valence-electron chi connectivity index (χ1n) is 12.7. The van der Waals surface area contributed by atoms with Gasteiger partial charge >= 0.3 is 6.01 Å². The summed E-state index contributed by atoms with van der Waals surface area (Å²) in [6.45, 7) is 0. The number of fused-ring (bicyclic) bond motifs is 2. The van der Waals surface area contributed by atoms with E-state index in [1.54, 1.807) is 0 Å². The SMILES string of the molecule is c1ccc(-c2ccc(N(c3ccc(-c4ccc5ccccc5c4)cc3)c3nc4ccccc4o3)cc2)cc1. The van der Waals surface area contributed by atoms with Gasteiger partial charge in [-0.1, -0.05) is 103 Å². The number of para-hydroxylation sites is 2. The van der Waals surface area contributed by atoms with Crippen LogP contribution in [0.15, 0.2) is 150 Å². The maximum atomic E-state index is 6.23. The topological polar surface area (TPSA) is 29.3 Å². The average molecular weight is 489 g/mol. The Kier molecular flexibility index (Phi) is 5.45. The Morgan fingerprint density at radius 2 is 1.00 bits per heavy atom. The predicted octanol–water partition coefficient (Wildman–Crippen LogP) is 9.78. The molecule has 0 atom stereocenters. The minimum absolute atomic E-state index is 0.539. The maximum Gasteiger partial charge on any atom is 0.307 e. The minimum atomic E-state index is 0.539. The number of aromatic nitrogens is 1. The van der Waals surface area contributed by atoms with Gasteiger partial charge in [0.05, 0.1) is 11.4 Å². The second kappa shape index (κ2) is 9.38. The van der Waals surface area contributed by atoms with Crippen molar-refractivity contribution in [2.75, 3.05) is 4.90 Å². The molecule has 0 amide bonds. The first-order valence-corrected chi connectivity index (χ1v) is 12.7. The number of nitrogens with zero attached hydrogens (tertiary/aromatic N) is 2. The summed E-state index contributed by atoms with van der Waals surface area (Å²) in [5.74, 6) is 0. The summed E-state index contributed by atoms with van der Waals surface area (Å²) in [4.78, 5) is 6.89. The Bertz CT molecular complexity index is 1820. The van der Waals surface area contributed by atoms with Gasteiger partial charge in [-0.05, 0) is 75.5 Å². The second-order valence-corrected chi connectivity index (χ2v) is 9.32. The van der Waals surface area contributed by atoms with Gasteiger partial charge < -0.3 is 4.42 Å². The summed E-state index contributed by atoms with van der Waals surface area (Å²) < 4.78 is 6.23. The highest BCUT2D eigenvalue weighted by molar-refractivity contribution is 5.88. The lowest BCUT2D eigenvalue weighted by Gasteiger charge is -2.21. The van der Waals surface area contributed by atoms with Crippen molar-refractivity contribution in [2.45, 2.75) is 0 Å². The van der Waals surface area contributed by atoms with Gasteiger partial charge in [0.15, 0.2) is 5.58 Å². The molecule has 3 nitrogen and oxygen atoms in total. The lowest BCUT2D eigenvalue weighted by molar-refractivity contribution is 0.608. The molecule has 7 aromatic rings. The smallest absolute Gasteiger partial charge is 0.307 e. The molecule has 0 unspecified atom stereocenters. The zero-order valence-electron chi connectivity index (χ0n) is 20.7. The molecule has 0 spiro atoms. The van der Waals surface area contributed by atoms with Gasteiger partial charge in [0.2, 0.25) is 0 Å². The molecule has 0 aliphatic rings. The van der Waals surface area contributed by atoms with Gasteiger partial charge in [-0.2, -0.15) is 4.98 Å². The fraction of sp³-hybridized carbons (Fsp3) is 0. The Labute approximate surface area is 221 Å². The third-order valence-corrected chi connectivity index (χ3v) is 6.91. The fourth-order valence-electron chi connectivity index (χ4n) is 4.93. The van der Waals surface area contributed by atoms with Crippen LogP contribution in [0.4, 0.5) is 17.4 Å². The normalized spacial score (nSPS) is 11.2. The third kappa shape index (κ3) is 4.10. The van der Waals surface area contributed by atoms with Crippen LogP contribution < -0.4 is 4.90 Å². The molecule has 0 fully saturated rings. The molecular weight excluding hydrogens is 464 g/mol. The summed E-state index contributed by atoms with van der Waals surface area (Å²) in [5, 5.41) is 2.48. The molecule has 0 N–H and O–H groups in total. The summed E-state index contributed by atoms with van der Waals surface area (Å²) in [6, 6.07) is 51.0. The molecule has 0 aliphatic heterocycles. The van der Waals surface area contributed by atoms with Crippen molar-refractivity contribution >= 4 is 39.3 Å². The van der Waals surface area contributed by atoms with Crippen molar-refractivity contribution in [3.8, 4) is 22.3 Å². The van der Waals surface area contributed by atoms with E-state index < -0.39 is 0 Å². The van der Waals surface area contributed by atoms with E-state index >= 15 is 0 Å². The lowest BCUT2D eigenvalue weighted by atomic mass is 10.0. The van der Waals surface area contributed by atoms with Crippen molar-refractivity contribution in [2.24, 2.45) is 0 Å². The van der Waals surface area contributed by atoms with Crippen molar-refractivity contribution in [3.05, 3.63) is 146 Å². The molecule has 7 rings (SSSR count). The van der Waals surface area contributed by atoms with Gasteiger partial charge in [-0.25, -0.2) is 0 Å². The van der Waals surface area contributed by atoms with Crippen molar-refractivity contribution in [3.63, 3.8) is 0 Å². The van der Waals surface area contributed by atoms with Crippen LogP contribution in [-0.4, -0.2) is 4.98 Å². The second-order valence-electron chi connectivity index (χ2n) is 9.32. The number of rotatable bonds is 5. The van der Waals surface area contributed by atoms with E-state index in [4.69, 9.17) is 9.40 Å². The van der Waals surface area contributed by atoms with E-state index in [9.17, 15) is 0 Å². The maximum absolute atomic E-state index is 6.23. The summed E-state index contributed by atoms with van der Waals surface area (Å²) in [5.41, 5.74) is 8.27.